The Morgan fingerprint density at radius 2 is 1.93 bits per heavy atom. The molecular weight excluding hydrogens is 628 g/mol. The number of anilines is 1. The third kappa shape index (κ3) is 8.74. The van der Waals surface area contributed by atoms with Crippen molar-refractivity contribution >= 4 is 39.9 Å². The van der Waals surface area contributed by atoms with Gasteiger partial charge in [-0.15, -0.1) is 5.10 Å². The van der Waals surface area contributed by atoms with E-state index in [9.17, 15) is 9.59 Å². The Labute approximate surface area is 277 Å². The van der Waals surface area contributed by atoms with Crippen molar-refractivity contribution in [1.29, 1.82) is 0 Å². The molecular formula is C32H39ClN8O4S. The van der Waals surface area contributed by atoms with Crippen LogP contribution in [0.25, 0.3) is 0 Å². The van der Waals surface area contributed by atoms with Gasteiger partial charge >= 0.3 is 0 Å². The van der Waals surface area contributed by atoms with E-state index in [1.54, 1.807) is 34.2 Å². The number of carbonyl (C=O) groups is 2. The molecule has 2 aromatic carbocycles. The molecule has 2 aromatic heterocycles. The second kappa shape index (κ2) is 15.9. The monoisotopic (exact) mass is 666 g/mol. The van der Waals surface area contributed by atoms with Gasteiger partial charge in [0, 0.05) is 72.3 Å². The lowest BCUT2D eigenvalue weighted by Gasteiger charge is -2.23. The zero-order valence-corrected chi connectivity index (χ0v) is 27.8. The van der Waals surface area contributed by atoms with E-state index in [0.29, 0.717) is 75.2 Å². The summed E-state index contributed by atoms with van der Waals surface area (Å²) in [5, 5.41) is 16.0. The molecule has 244 valence electrons. The number of nitrogens with zero attached hydrogens (tertiary/aromatic N) is 6. The number of fused-ring (bicyclic) bond motifs is 3. The number of nitrogens with one attached hydrogen (secondary N) is 2. The van der Waals surface area contributed by atoms with Crippen molar-refractivity contribution in [2.45, 2.75) is 38.4 Å². The lowest BCUT2D eigenvalue weighted by atomic mass is 10.0. The third-order valence-electron chi connectivity index (χ3n) is 7.51. The smallest absolute Gasteiger partial charge is 0.255 e. The highest BCUT2D eigenvalue weighted by atomic mass is 35.5. The highest BCUT2D eigenvalue weighted by Crippen LogP contribution is 2.32. The fraction of sp³-hybridized carbons (Fsp3) is 0.406. The van der Waals surface area contributed by atoms with Gasteiger partial charge in [-0.1, -0.05) is 64.5 Å². The Balaban J connectivity index is 1.40. The molecule has 5 rings (SSSR count). The molecule has 4 aromatic rings. The number of aryl methyl sites for hydroxylation is 1. The van der Waals surface area contributed by atoms with Crippen LogP contribution in [0, 0.1) is 0 Å². The summed E-state index contributed by atoms with van der Waals surface area (Å²) in [5.74, 6) is 0.0499. The second-order valence-electron chi connectivity index (χ2n) is 11.1. The predicted molar refractivity (Wildman–Crippen MR) is 178 cm³/mol. The number of thiazole rings is 1. The maximum Gasteiger partial charge on any atom is 0.255 e. The van der Waals surface area contributed by atoms with Crippen molar-refractivity contribution in [3.05, 3.63) is 81.6 Å². The first-order valence-electron chi connectivity index (χ1n) is 15.2. The summed E-state index contributed by atoms with van der Waals surface area (Å²) in [7, 11) is 5.40. The van der Waals surface area contributed by atoms with Gasteiger partial charge in [0.1, 0.15) is 11.2 Å². The van der Waals surface area contributed by atoms with Gasteiger partial charge in [-0.25, -0.2) is 4.98 Å². The quantitative estimate of drug-likeness (QED) is 0.318. The fourth-order valence-corrected chi connectivity index (χ4v) is 6.30. The van der Waals surface area contributed by atoms with E-state index in [0.717, 1.165) is 21.3 Å². The number of hydrogen-bond donors (Lipinski definition) is 2. The van der Waals surface area contributed by atoms with Crippen molar-refractivity contribution in [3.8, 4) is 11.5 Å². The Hall–Kier alpha value is -4.20. The van der Waals surface area contributed by atoms with Crippen molar-refractivity contribution < 1.29 is 19.1 Å². The number of methoxy groups -OCH3 is 1. The molecule has 1 aliphatic heterocycles. The highest BCUT2D eigenvalue weighted by molar-refractivity contribution is 7.16. The number of carbonyl (C=O) groups excluding carboxylic acids is 2. The van der Waals surface area contributed by atoms with E-state index >= 15 is 0 Å². The molecule has 0 saturated heterocycles. The number of benzene rings is 2. The topological polar surface area (TPSA) is 127 Å². The van der Waals surface area contributed by atoms with Gasteiger partial charge in [0.15, 0.2) is 16.6 Å². The van der Waals surface area contributed by atoms with Crippen LogP contribution >= 0.6 is 22.9 Å². The molecule has 0 unspecified atom stereocenters. The summed E-state index contributed by atoms with van der Waals surface area (Å²) in [6.07, 6.45) is 3.55. The first-order chi connectivity index (χ1) is 22.3. The van der Waals surface area contributed by atoms with E-state index in [1.165, 1.54) is 7.11 Å². The standard InChI is InChI=1S/C32H39ClN8O4S/c1-39(2)32-36-29(33)27(46-32)21-40-16-13-23-20-41(38-37-23)15-8-18-45-28-24(11-7-12-26(28)44-3)30(42)35-25(31(43)34-14-17-40)19-22-9-5-4-6-10-22/h4-7,9-12,20,25H,8,13-19,21H2,1-3H3,(H,34,43)(H,35,42)/t25-/m0/s1. The molecule has 1 atom stereocenters. The van der Waals surface area contributed by atoms with E-state index in [1.807, 2.05) is 55.5 Å². The number of hydrogen-bond acceptors (Lipinski definition) is 10. The Morgan fingerprint density at radius 1 is 1.11 bits per heavy atom. The Bertz CT molecular complexity index is 1610. The number of halogens is 1. The first-order valence-corrected chi connectivity index (χ1v) is 16.4. The summed E-state index contributed by atoms with van der Waals surface area (Å²) in [6.45, 7) is 3.05. The Kier molecular flexibility index (Phi) is 11.4. The van der Waals surface area contributed by atoms with Gasteiger partial charge in [0.2, 0.25) is 5.91 Å². The number of ether oxygens (including phenoxy) is 2. The summed E-state index contributed by atoms with van der Waals surface area (Å²) in [5.41, 5.74) is 2.08. The molecule has 12 nitrogen and oxygen atoms in total. The number of aromatic nitrogens is 4. The number of rotatable bonds is 6. The largest absolute Gasteiger partial charge is 0.493 e. The molecule has 0 saturated carbocycles. The molecule has 46 heavy (non-hydrogen) atoms. The number of amides is 2. The van der Waals surface area contributed by atoms with Gasteiger partial charge in [0.25, 0.3) is 5.91 Å². The van der Waals surface area contributed by atoms with Crippen LogP contribution in [-0.4, -0.2) is 90.2 Å². The summed E-state index contributed by atoms with van der Waals surface area (Å²) < 4.78 is 13.4. The van der Waals surface area contributed by atoms with Crippen LogP contribution in [0.15, 0.2) is 54.7 Å². The molecule has 0 spiro atoms. The summed E-state index contributed by atoms with van der Waals surface area (Å²) in [4.78, 5) is 36.9. The zero-order chi connectivity index (χ0) is 32.5. The maximum absolute atomic E-state index is 13.7. The van der Waals surface area contributed by atoms with Gasteiger partial charge in [-0.05, 0) is 17.7 Å². The molecule has 2 bridgehead atoms. The van der Waals surface area contributed by atoms with E-state index < -0.39 is 11.9 Å². The van der Waals surface area contributed by atoms with Crippen molar-refractivity contribution in [2.24, 2.45) is 0 Å². The first kappa shape index (κ1) is 33.2. The van der Waals surface area contributed by atoms with E-state index in [4.69, 9.17) is 21.1 Å². The van der Waals surface area contributed by atoms with Crippen molar-refractivity contribution in [3.63, 3.8) is 0 Å². The van der Waals surface area contributed by atoms with E-state index in [2.05, 4.69) is 30.8 Å². The third-order valence-corrected chi connectivity index (χ3v) is 9.14. The molecule has 0 aliphatic carbocycles. The molecule has 2 N–H and O–H groups in total. The Morgan fingerprint density at radius 3 is 2.70 bits per heavy atom. The van der Waals surface area contributed by atoms with Crippen LogP contribution < -0.4 is 25.0 Å². The lowest BCUT2D eigenvalue weighted by Crippen LogP contribution is -2.49. The van der Waals surface area contributed by atoms with Crippen LogP contribution in [0.5, 0.6) is 11.5 Å². The van der Waals surface area contributed by atoms with E-state index in [-0.39, 0.29) is 11.5 Å². The minimum Gasteiger partial charge on any atom is -0.493 e. The number of para-hydroxylation sites is 1. The van der Waals surface area contributed by atoms with Crippen LogP contribution in [0.1, 0.15) is 32.9 Å². The zero-order valence-electron chi connectivity index (χ0n) is 26.2. The second-order valence-corrected chi connectivity index (χ2v) is 12.6. The molecule has 0 radical (unpaired) electrons. The lowest BCUT2D eigenvalue weighted by molar-refractivity contribution is -0.123. The average Bonchev–Trinajstić information content (AvgIpc) is 3.67. The fourth-order valence-electron chi connectivity index (χ4n) is 5.08. The van der Waals surface area contributed by atoms with Crippen LogP contribution in [-0.2, 0) is 30.7 Å². The van der Waals surface area contributed by atoms with Gasteiger partial charge < -0.3 is 25.0 Å². The predicted octanol–water partition coefficient (Wildman–Crippen LogP) is 3.45. The molecule has 1 aliphatic rings. The van der Waals surface area contributed by atoms with Crippen molar-refractivity contribution in [2.75, 3.05) is 52.3 Å². The van der Waals surface area contributed by atoms with Gasteiger partial charge in [-0.3, -0.25) is 19.2 Å². The minimum atomic E-state index is -0.822. The average molecular weight is 667 g/mol. The summed E-state index contributed by atoms with van der Waals surface area (Å²) >= 11 is 8.06. The van der Waals surface area contributed by atoms with Crippen LogP contribution in [0.4, 0.5) is 5.13 Å². The maximum atomic E-state index is 13.7. The van der Waals surface area contributed by atoms with Gasteiger partial charge in [0.05, 0.1) is 29.9 Å². The molecule has 14 heteroatoms. The molecule has 3 heterocycles. The molecule has 2 amide bonds. The SMILES string of the molecule is COc1cccc2c1OCCCn1cc(nn1)CCN(Cc1sc(N(C)C)nc1Cl)CCNC(=O)[C@H](Cc1ccccc1)NC2=O. The molecule has 0 fully saturated rings. The highest BCUT2D eigenvalue weighted by Gasteiger charge is 2.25. The van der Waals surface area contributed by atoms with Crippen LogP contribution in [0.2, 0.25) is 5.15 Å². The van der Waals surface area contributed by atoms with Crippen molar-refractivity contribution in [1.82, 2.24) is 35.5 Å². The van der Waals surface area contributed by atoms with Gasteiger partial charge in [-0.2, -0.15) is 0 Å². The minimum absolute atomic E-state index is 0.283. The summed E-state index contributed by atoms with van der Waals surface area (Å²) in [6, 6.07) is 13.9. The normalized spacial score (nSPS) is 17.0. The van der Waals surface area contributed by atoms with Crippen LogP contribution in [0.3, 0.4) is 0 Å².